The molecule has 8 aromatic carbocycles. The smallest absolute Gasteiger partial charge is 0.249 e. The molecule has 282 valence electrons. The van der Waals surface area contributed by atoms with Crippen LogP contribution < -0.4 is 31.1 Å². The van der Waals surface area contributed by atoms with Crippen molar-refractivity contribution in [3.05, 3.63) is 230 Å². The molecule has 59 heavy (non-hydrogen) atoms. The number of hydrogen-bond acceptors (Lipinski definition) is 3. The summed E-state index contributed by atoms with van der Waals surface area (Å²) in [5.74, 6) is 0. The average molecular weight is 758 g/mol. The molecule has 1 aliphatic heterocycles. The van der Waals surface area contributed by atoms with Gasteiger partial charge < -0.3 is 14.7 Å². The molecule has 0 aromatic heterocycles. The van der Waals surface area contributed by atoms with Crippen molar-refractivity contribution in [2.24, 2.45) is 0 Å². The quantitative estimate of drug-likeness (QED) is 0.136. The van der Waals surface area contributed by atoms with Crippen LogP contribution in [0.5, 0.6) is 0 Å². The molecule has 0 amide bonds. The number of hydrogen-bond donors (Lipinski definition) is 0. The van der Waals surface area contributed by atoms with E-state index in [1.807, 2.05) is 0 Å². The largest absolute Gasteiger partial charge is 0.345 e. The molecule has 0 fully saturated rings. The second-order valence-corrected chi connectivity index (χ2v) is 15.3. The van der Waals surface area contributed by atoms with E-state index in [-0.39, 0.29) is 6.71 Å². The summed E-state index contributed by atoms with van der Waals surface area (Å²) >= 11 is 0. The van der Waals surface area contributed by atoms with E-state index in [1.54, 1.807) is 0 Å². The molecular weight excluding hydrogens is 713 g/mol. The Hall–Kier alpha value is -7.30. The van der Waals surface area contributed by atoms with Crippen LogP contribution in [0.1, 0.15) is 18.4 Å². The van der Waals surface area contributed by atoms with E-state index in [2.05, 4.69) is 246 Å². The molecule has 0 saturated heterocycles. The van der Waals surface area contributed by atoms with Crippen molar-refractivity contribution in [2.75, 3.05) is 21.7 Å². The highest BCUT2D eigenvalue weighted by molar-refractivity contribution is 6.98. The fourth-order valence-corrected chi connectivity index (χ4v) is 8.87. The second-order valence-electron chi connectivity index (χ2n) is 15.3. The minimum absolute atomic E-state index is 0.0209. The number of nitrogens with zero attached hydrogens (tertiary/aromatic N) is 3. The molecule has 0 saturated carbocycles. The maximum atomic E-state index is 2.44. The molecule has 0 N–H and O–H groups in total. The molecule has 3 nitrogen and oxygen atoms in total. The Bertz CT molecular complexity index is 2690. The van der Waals surface area contributed by atoms with Crippen LogP contribution in [0.15, 0.2) is 224 Å². The van der Waals surface area contributed by atoms with E-state index in [0.717, 1.165) is 47.0 Å². The Morgan fingerprint density at radius 3 is 1.56 bits per heavy atom. The number of fused-ring (bicyclic) bond motifs is 2. The lowest BCUT2D eigenvalue weighted by molar-refractivity contribution is 1.04. The van der Waals surface area contributed by atoms with Gasteiger partial charge in [0.05, 0.1) is 0 Å². The van der Waals surface area contributed by atoms with Gasteiger partial charge in [0, 0.05) is 52.5 Å². The van der Waals surface area contributed by atoms with E-state index in [1.165, 1.54) is 50.0 Å². The first-order valence-corrected chi connectivity index (χ1v) is 20.6. The van der Waals surface area contributed by atoms with E-state index < -0.39 is 0 Å². The number of allylic oxidation sites excluding steroid dienone is 4. The highest BCUT2D eigenvalue weighted by atomic mass is 15.2. The van der Waals surface area contributed by atoms with Crippen LogP contribution in [0.25, 0.3) is 16.7 Å². The van der Waals surface area contributed by atoms with Gasteiger partial charge in [-0.2, -0.15) is 0 Å². The van der Waals surface area contributed by atoms with Crippen molar-refractivity contribution in [3.63, 3.8) is 0 Å². The molecule has 0 unspecified atom stereocenters. The summed E-state index contributed by atoms with van der Waals surface area (Å²) in [6.45, 7) is -0.0209. The van der Waals surface area contributed by atoms with Crippen molar-refractivity contribution in [3.8, 4) is 11.1 Å². The van der Waals surface area contributed by atoms with E-state index >= 15 is 0 Å². The fourth-order valence-electron chi connectivity index (χ4n) is 8.87. The number of anilines is 8. The lowest BCUT2D eigenvalue weighted by atomic mass is 9.34. The molecule has 10 rings (SSSR count). The number of para-hydroxylation sites is 4. The first-order valence-electron chi connectivity index (χ1n) is 20.6. The van der Waals surface area contributed by atoms with Crippen LogP contribution in [0.2, 0.25) is 0 Å². The Morgan fingerprint density at radius 1 is 0.441 bits per heavy atom. The van der Waals surface area contributed by atoms with Crippen LogP contribution in [0.4, 0.5) is 45.5 Å². The molecule has 0 radical (unpaired) electrons. The van der Waals surface area contributed by atoms with Gasteiger partial charge in [0.2, 0.25) is 6.71 Å². The topological polar surface area (TPSA) is 9.72 Å². The van der Waals surface area contributed by atoms with Gasteiger partial charge in [-0.05, 0) is 124 Å². The van der Waals surface area contributed by atoms with Crippen LogP contribution in [-0.2, 0) is 0 Å². The van der Waals surface area contributed by atoms with Gasteiger partial charge in [0.1, 0.15) is 0 Å². The van der Waals surface area contributed by atoms with Gasteiger partial charge in [0.25, 0.3) is 0 Å². The zero-order valence-electron chi connectivity index (χ0n) is 33.2. The molecule has 0 bridgehead atoms. The Labute approximate surface area is 348 Å². The van der Waals surface area contributed by atoms with E-state index in [0.29, 0.717) is 0 Å². The maximum Gasteiger partial charge on any atom is 0.249 e. The summed E-state index contributed by atoms with van der Waals surface area (Å²) in [6, 6.07) is 75.0. The van der Waals surface area contributed by atoms with E-state index in [9.17, 15) is 0 Å². The Kier molecular flexibility index (Phi) is 9.73. The third-order valence-electron chi connectivity index (χ3n) is 11.8. The summed E-state index contributed by atoms with van der Waals surface area (Å²) in [5.41, 5.74) is 17.9. The van der Waals surface area contributed by atoms with Gasteiger partial charge >= 0.3 is 0 Å². The van der Waals surface area contributed by atoms with Crippen molar-refractivity contribution < 1.29 is 0 Å². The van der Waals surface area contributed by atoms with Crippen molar-refractivity contribution in [1.29, 1.82) is 0 Å². The van der Waals surface area contributed by atoms with E-state index in [4.69, 9.17) is 0 Å². The van der Waals surface area contributed by atoms with Crippen LogP contribution in [0, 0.1) is 0 Å². The SMILES string of the molecule is CN(c1ccc(C2=CCCC=C2)cc1)c1cc(N(c2ccccc2)c2ccccc2)ccc1B1c2ccccc2N(c2ccc(-c3ccccc3)cc2)c2ccccc21. The maximum absolute atomic E-state index is 2.44. The number of benzene rings is 8. The van der Waals surface area contributed by atoms with Gasteiger partial charge in [-0.3, -0.25) is 0 Å². The summed E-state index contributed by atoms with van der Waals surface area (Å²) in [4.78, 5) is 7.17. The molecule has 1 heterocycles. The average Bonchev–Trinajstić information content (AvgIpc) is 3.32. The van der Waals surface area contributed by atoms with Gasteiger partial charge in [-0.1, -0.05) is 152 Å². The third kappa shape index (κ3) is 6.93. The minimum Gasteiger partial charge on any atom is -0.345 e. The van der Waals surface area contributed by atoms with Crippen LogP contribution in [0.3, 0.4) is 0 Å². The summed E-state index contributed by atoms with van der Waals surface area (Å²) < 4.78 is 0. The van der Waals surface area contributed by atoms with Gasteiger partial charge in [0.15, 0.2) is 0 Å². The minimum atomic E-state index is -0.0209. The molecule has 2 aliphatic rings. The summed E-state index contributed by atoms with van der Waals surface area (Å²) in [6.07, 6.45) is 9.08. The number of rotatable bonds is 9. The van der Waals surface area contributed by atoms with Crippen LogP contribution in [-0.4, -0.2) is 13.8 Å². The van der Waals surface area contributed by atoms with Crippen molar-refractivity contribution >= 4 is 74.2 Å². The van der Waals surface area contributed by atoms with Crippen LogP contribution >= 0.6 is 0 Å². The molecule has 0 spiro atoms. The van der Waals surface area contributed by atoms with Gasteiger partial charge in [-0.15, -0.1) is 0 Å². The van der Waals surface area contributed by atoms with Crippen molar-refractivity contribution in [1.82, 2.24) is 0 Å². The summed E-state index contributed by atoms with van der Waals surface area (Å²) in [7, 11) is 2.22. The Morgan fingerprint density at radius 2 is 0.966 bits per heavy atom. The highest BCUT2D eigenvalue weighted by Crippen LogP contribution is 2.40. The lowest BCUT2D eigenvalue weighted by Gasteiger charge is -2.38. The van der Waals surface area contributed by atoms with Crippen molar-refractivity contribution in [2.45, 2.75) is 12.8 Å². The Balaban J connectivity index is 1.13. The highest BCUT2D eigenvalue weighted by Gasteiger charge is 2.37. The third-order valence-corrected chi connectivity index (χ3v) is 11.8. The normalized spacial score (nSPS) is 13.0. The summed E-state index contributed by atoms with van der Waals surface area (Å²) in [5, 5.41) is 0. The predicted octanol–water partition coefficient (Wildman–Crippen LogP) is 12.6. The first-order chi connectivity index (χ1) is 29.2. The lowest BCUT2D eigenvalue weighted by Crippen LogP contribution is -2.58. The zero-order valence-corrected chi connectivity index (χ0v) is 33.2. The standard InChI is InChI=1S/C55H44BN3/c1-57(45-34-30-43(31-35-45)41-18-6-2-7-19-41)55-40-49(58(46-22-10-4-11-23-46)47-24-12-5-13-25-47)38-39-52(55)56-50-26-14-16-28-53(50)59(54-29-17-15-27-51(54)56)48-36-32-44(33-37-48)42-20-8-3-9-21-42/h3-6,8-40H,2,7H2,1H3. The molecule has 0 atom stereocenters. The fraction of sp³-hybridized carbons (Fsp3) is 0.0545. The molecular formula is C55H44BN3. The molecule has 8 aromatic rings. The second kappa shape index (κ2) is 15.9. The monoisotopic (exact) mass is 757 g/mol. The van der Waals surface area contributed by atoms with Gasteiger partial charge in [-0.25, -0.2) is 0 Å². The zero-order chi connectivity index (χ0) is 39.5. The molecule has 1 aliphatic carbocycles. The predicted molar refractivity (Wildman–Crippen MR) is 253 cm³/mol. The first kappa shape index (κ1) is 36.1. The molecule has 4 heteroatoms.